The summed E-state index contributed by atoms with van der Waals surface area (Å²) in [5, 5.41) is 3.61. The van der Waals surface area contributed by atoms with E-state index in [4.69, 9.17) is 20.4 Å². The van der Waals surface area contributed by atoms with Crippen LogP contribution in [0.15, 0.2) is 27.2 Å². The highest BCUT2D eigenvalue weighted by molar-refractivity contribution is 6.28. The lowest BCUT2D eigenvalue weighted by Crippen LogP contribution is -2.14. The van der Waals surface area contributed by atoms with Crippen LogP contribution in [-0.2, 0) is 6.42 Å². The molecule has 0 spiro atoms. The molecule has 0 fully saturated rings. The second-order valence-corrected chi connectivity index (χ2v) is 4.05. The Hall–Kier alpha value is -1.26. The Morgan fingerprint density at radius 1 is 1.29 bits per heavy atom. The van der Waals surface area contributed by atoms with Gasteiger partial charge in [0.2, 0.25) is 0 Å². The zero-order valence-corrected chi connectivity index (χ0v) is 10.5. The number of rotatable bonds is 6. The van der Waals surface area contributed by atoms with Gasteiger partial charge in [-0.1, -0.05) is 6.92 Å². The molecule has 4 nitrogen and oxygen atoms in total. The van der Waals surface area contributed by atoms with Gasteiger partial charge in [-0.3, -0.25) is 0 Å². The highest BCUT2D eigenvalue weighted by Gasteiger charge is 2.09. The summed E-state index contributed by atoms with van der Waals surface area (Å²) in [5.41, 5.74) is 0. The average Bonchev–Trinajstić information content (AvgIpc) is 2.93. The Morgan fingerprint density at radius 2 is 2.18 bits per heavy atom. The van der Waals surface area contributed by atoms with E-state index in [0.29, 0.717) is 16.7 Å². The third-order valence-electron chi connectivity index (χ3n) is 2.36. The molecule has 0 radical (unpaired) electrons. The molecule has 2 aromatic rings. The van der Waals surface area contributed by atoms with Gasteiger partial charge >= 0.3 is 0 Å². The van der Waals surface area contributed by atoms with Crippen molar-refractivity contribution < 1.29 is 8.83 Å². The minimum Gasteiger partial charge on any atom is -0.441 e. The molecule has 2 heterocycles. The van der Waals surface area contributed by atoms with Crippen LogP contribution in [0.2, 0.25) is 5.22 Å². The first kappa shape index (κ1) is 12.2. The lowest BCUT2D eigenvalue weighted by atomic mass is 10.3. The molecule has 5 heteroatoms. The smallest absolute Gasteiger partial charge is 0.195 e. The van der Waals surface area contributed by atoms with Gasteiger partial charge in [0.15, 0.2) is 22.6 Å². The molecular weight excluding hydrogens is 240 g/mol. The molecular formula is C12H15ClN2O2. The fraction of sp³-hybridized carbons (Fsp3) is 0.417. The van der Waals surface area contributed by atoms with Crippen molar-refractivity contribution in [2.24, 2.45) is 0 Å². The van der Waals surface area contributed by atoms with E-state index in [1.165, 1.54) is 0 Å². The third-order valence-corrected chi connectivity index (χ3v) is 2.57. The molecule has 0 aliphatic carbocycles. The van der Waals surface area contributed by atoms with Gasteiger partial charge in [-0.2, -0.15) is 0 Å². The maximum Gasteiger partial charge on any atom is 0.195 e. The van der Waals surface area contributed by atoms with Gasteiger partial charge in [-0.15, -0.1) is 0 Å². The summed E-state index contributed by atoms with van der Waals surface area (Å²) in [6.07, 6.45) is 3.49. The number of halogens is 1. The van der Waals surface area contributed by atoms with Crippen molar-refractivity contribution in [2.45, 2.75) is 19.8 Å². The van der Waals surface area contributed by atoms with Gasteiger partial charge < -0.3 is 14.2 Å². The molecule has 0 saturated heterocycles. The fourth-order valence-electron chi connectivity index (χ4n) is 1.53. The summed E-state index contributed by atoms with van der Waals surface area (Å²) in [7, 11) is 0. The lowest BCUT2D eigenvalue weighted by molar-refractivity contribution is 0.473. The van der Waals surface area contributed by atoms with Crippen LogP contribution in [0.25, 0.3) is 11.5 Å². The van der Waals surface area contributed by atoms with E-state index >= 15 is 0 Å². The zero-order chi connectivity index (χ0) is 12.1. The SMILES string of the molecule is CCNCCCc1ncc(-c2ccc(Cl)o2)o1. The normalized spacial score (nSPS) is 10.9. The highest BCUT2D eigenvalue weighted by atomic mass is 35.5. The maximum atomic E-state index is 5.70. The van der Waals surface area contributed by atoms with E-state index in [1.54, 1.807) is 18.3 Å². The van der Waals surface area contributed by atoms with Gasteiger partial charge in [-0.05, 0) is 43.2 Å². The Bertz CT molecular complexity index is 465. The Labute approximate surface area is 105 Å². The monoisotopic (exact) mass is 254 g/mol. The van der Waals surface area contributed by atoms with Crippen LogP contribution in [0.1, 0.15) is 19.2 Å². The van der Waals surface area contributed by atoms with E-state index in [0.717, 1.165) is 31.8 Å². The van der Waals surface area contributed by atoms with E-state index in [9.17, 15) is 0 Å². The summed E-state index contributed by atoms with van der Waals surface area (Å²) in [6, 6.07) is 3.45. The lowest BCUT2D eigenvalue weighted by Gasteiger charge is -1.98. The minimum atomic E-state index is 0.352. The quantitative estimate of drug-likeness (QED) is 0.805. The fourth-order valence-corrected chi connectivity index (χ4v) is 1.67. The number of nitrogens with zero attached hydrogens (tertiary/aromatic N) is 1. The van der Waals surface area contributed by atoms with Crippen LogP contribution in [0.4, 0.5) is 0 Å². The molecule has 1 N–H and O–H groups in total. The molecule has 2 aromatic heterocycles. The van der Waals surface area contributed by atoms with E-state index in [-0.39, 0.29) is 0 Å². The summed E-state index contributed by atoms with van der Waals surface area (Å²) >= 11 is 5.70. The molecule has 0 aliphatic rings. The Morgan fingerprint density at radius 3 is 2.88 bits per heavy atom. The Kier molecular flexibility index (Phi) is 4.23. The molecule has 2 rings (SSSR count). The van der Waals surface area contributed by atoms with Crippen molar-refractivity contribution in [3.05, 3.63) is 29.4 Å². The first-order valence-corrected chi connectivity index (χ1v) is 6.08. The number of hydrogen-bond donors (Lipinski definition) is 1. The van der Waals surface area contributed by atoms with Crippen LogP contribution >= 0.6 is 11.6 Å². The summed E-state index contributed by atoms with van der Waals surface area (Å²) < 4.78 is 10.8. The minimum absolute atomic E-state index is 0.352. The molecule has 0 unspecified atom stereocenters. The molecule has 0 aromatic carbocycles. The first-order valence-electron chi connectivity index (χ1n) is 5.70. The second-order valence-electron chi connectivity index (χ2n) is 3.68. The summed E-state index contributed by atoms with van der Waals surface area (Å²) in [5.74, 6) is 1.96. The van der Waals surface area contributed by atoms with Gasteiger partial charge in [-0.25, -0.2) is 4.98 Å². The van der Waals surface area contributed by atoms with Crippen molar-refractivity contribution in [1.29, 1.82) is 0 Å². The van der Waals surface area contributed by atoms with E-state index < -0.39 is 0 Å². The number of nitrogens with one attached hydrogen (secondary N) is 1. The number of hydrogen-bond acceptors (Lipinski definition) is 4. The molecule has 0 bridgehead atoms. The predicted octanol–water partition coefficient (Wildman–Crippen LogP) is 3.13. The second kappa shape index (κ2) is 5.89. The first-order chi connectivity index (χ1) is 8.29. The number of aryl methyl sites for hydroxylation is 1. The van der Waals surface area contributed by atoms with Crippen molar-refractivity contribution in [1.82, 2.24) is 10.3 Å². The summed E-state index contributed by atoms with van der Waals surface area (Å²) in [4.78, 5) is 4.20. The molecule has 17 heavy (non-hydrogen) atoms. The maximum absolute atomic E-state index is 5.70. The zero-order valence-electron chi connectivity index (χ0n) is 9.70. The van der Waals surface area contributed by atoms with Gasteiger partial charge in [0.1, 0.15) is 0 Å². The van der Waals surface area contributed by atoms with Crippen LogP contribution in [0, 0.1) is 0 Å². The topological polar surface area (TPSA) is 51.2 Å². The molecule has 0 atom stereocenters. The average molecular weight is 255 g/mol. The largest absolute Gasteiger partial charge is 0.441 e. The molecule has 0 saturated carbocycles. The van der Waals surface area contributed by atoms with Crippen molar-refractivity contribution in [3.8, 4) is 11.5 Å². The molecule has 0 aliphatic heterocycles. The predicted molar refractivity (Wildman–Crippen MR) is 66.1 cm³/mol. The van der Waals surface area contributed by atoms with Crippen molar-refractivity contribution in [2.75, 3.05) is 13.1 Å². The standard InChI is InChI=1S/C12H15ClN2O2/c1-2-14-7-3-4-12-15-8-10(17-12)9-5-6-11(13)16-9/h5-6,8,14H,2-4,7H2,1H3. The van der Waals surface area contributed by atoms with Crippen LogP contribution in [-0.4, -0.2) is 18.1 Å². The Balaban J connectivity index is 1.92. The van der Waals surface area contributed by atoms with Gasteiger partial charge in [0.05, 0.1) is 6.20 Å². The van der Waals surface area contributed by atoms with Gasteiger partial charge in [0, 0.05) is 6.42 Å². The van der Waals surface area contributed by atoms with Crippen LogP contribution < -0.4 is 5.32 Å². The number of aromatic nitrogens is 1. The van der Waals surface area contributed by atoms with E-state index in [1.807, 2.05) is 0 Å². The van der Waals surface area contributed by atoms with Crippen molar-refractivity contribution in [3.63, 3.8) is 0 Å². The molecule has 92 valence electrons. The van der Waals surface area contributed by atoms with Crippen LogP contribution in [0.5, 0.6) is 0 Å². The third kappa shape index (κ3) is 3.35. The highest BCUT2D eigenvalue weighted by Crippen LogP contribution is 2.25. The molecule has 0 amide bonds. The van der Waals surface area contributed by atoms with Crippen LogP contribution in [0.3, 0.4) is 0 Å². The van der Waals surface area contributed by atoms with Gasteiger partial charge in [0.25, 0.3) is 0 Å². The number of furan rings is 1. The number of oxazole rings is 1. The summed E-state index contributed by atoms with van der Waals surface area (Å²) in [6.45, 7) is 4.05. The van der Waals surface area contributed by atoms with Crippen molar-refractivity contribution >= 4 is 11.6 Å². The van der Waals surface area contributed by atoms with E-state index in [2.05, 4.69) is 17.2 Å².